The molecule has 5 heteroatoms. The Bertz CT molecular complexity index is 207. The summed E-state index contributed by atoms with van der Waals surface area (Å²) in [7, 11) is 0. The van der Waals surface area contributed by atoms with Crippen molar-refractivity contribution in [1.29, 1.82) is 0 Å². The number of nitrogens with two attached hydrogens (primary N) is 1. The third-order valence-electron chi connectivity index (χ3n) is 3.03. The highest BCUT2D eigenvalue weighted by Gasteiger charge is 2.19. The van der Waals surface area contributed by atoms with Crippen LogP contribution in [0.15, 0.2) is 0 Å². The second-order valence-electron chi connectivity index (χ2n) is 4.48. The summed E-state index contributed by atoms with van der Waals surface area (Å²) < 4.78 is 5.19. The largest absolute Gasteiger partial charge is 0.382 e. The molecule has 0 radical (unpaired) electrons. The lowest BCUT2D eigenvalue weighted by molar-refractivity contribution is -0.122. The molecule has 0 bridgehead atoms. The van der Waals surface area contributed by atoms with Gasteiger partial charge in [0.2, 0.25) is 5.91 Å². The highest BCUT2D eigenvalue weighted by Crippen LogP contribution is 2.16. The minimum absolute atomic E-state index is 0. The molecule has 0 aliphatic heterocycles. The SMILES string of the molecule is CCOCCCC(=O)NC1CCC(N)CC1.Cl. The van der Waals surface area contributed by atoms with Crippen LogP contribution in [0.25, 0.3) is 0 Å². The van der Waals surface area contributed by atoms with Crippen molar-refractivity contribution >= 4 is 18.3 Å². The van der Waals surface area contributed by atoms with Gasteiger partial charge in [-0.25, -0.2) is 0 Å². The maximum atomic E-state index is 11.6. The number of hydrogen-bond acceptors (Lipinski definition) is 3. The number of hydrogen-bond donors (Lipinski definition) is 2. The fraction of sp³-hybridized carbons (Fsp3) is 0.917. The molecular weight excluding hydrogens is 240 g/mol. The Labute approximate surface area is 110 Å². The number of carbonyl (C=O) groups excluding carboxylic acids is 1. The molecule has 1 aliphatic rings. The first-order valence-corrected chi connectivity index (χ1v) is 6.35. The third kappa shape index (κ3) is 7.58. The molecule has 1 rings (SSSR count). The summed E-state index contributed by atoms with van der Waals surface area (Å²) in [5.74, 6) is 0.153. The average molecular weight is 265 g/mol. The van der Waals surface area contributed by atoms with Crippen LogP contribution in [-0.2, 0) is 9.53 Å². The standard InChI is InChI=1S/C12H24N2O2.ClH/c1-2-16-9-3-4-12(15)14-11-7-5-10(13)6-8-11;/h10-11H,2-9,13H2,1H3,(H,14,15);1H. The van der Waals surface area contributed by atoms with Crippen LogP contribution in [0.5, 0.6) is 0 Å². The van der Waals surface area contributed by atoms with E-state index in [-0.39, 0.29) is 18.3 Å². The maximum Gasteiger partial charge on any atom is 0.220 e. The van der Waals surface area contributed by atoms with Crippen molar-refractivity contribution in [2.24, 2.45) is 5.73 Å². The fourth-order valence-corrected chi connectivity index (χ4v) is 2.04. The molecule has 17 heavy (non-hydrogen) atoms. The van der Waals surface area contributed by atoms with Crippen molar-refractivity contribution in [1.82, 2.24) is 5.32 Å². The minimum Gasteiger partial charge on any atom is -0.382 e. The van der Waals surface area contributed by atoms with Gasteiger partial charge in [0.1, 0.15) is 0 Å². The molecule has 1 amide bonds. The first kappa shape index (κ1) is 16.7. The van der Waals surface area contributed by atoms with Gasteiger partial charge in [-0.2, -0.15) is 0 Å². The molecule has 0 aromatic rings. The summed E-state index contributed by atoms with van der Waals surface area (Å²) in [6.45, 7) is 3.37. The van der Waals surface area contributed by atoms with Gasteiger partial charge >= 0.3 is 0 Å². The quantitative estimate of drug-likeness (QED) is 0.717. The summed E-state index contributed by atoms with van der Waals surface area (Å²) in [6.07, 6.45) is 5.50. The van der Waals surface area contributed by atoms with E-state index in [0.29, 0.717) is 25.1 Å². The Morgan fingerprint density at radius 1 is 1.35 bits per heavy atom. The van der Waals surface area contributed by atoms with E-state index >= 15 is 0 Å². The van der Waals surface area contributed by atoms with Gasteiger partial charge in [0.15, 0.2) is 0 Å². The van der Waals surface area contributed by atoms with Crippen LogP contribution < -0.4 is 11.1 Å². The van der Waals surface area contributed by atoms with Crippen LogP contribution in [0.4, 0.5) is 0 Å². The molecule has 4 nitrogen and oxygen atoms in total. The number of ether oxygens (including phenoxy) is 1. The number of carbonyl (C=O) groups is 1. The van der Waals surface area contributed by atoms with E-state index < -0.39 is 0 Å². The first-order valence-electron chi connectivity index (χ1n) is 6.35. The molecular formula is C12H25ClN2O2. The highest BCUT2D eigenvalue weighted by molar-refractivity contribution is 5.85. The van der Waals surface area contributed by atoms with Gasteiger partial charge in [-0.3, -0.25) is 4.79 Å². The predicted molar refractivity (Wildman–Crippen MR) is 71.3 cm³/mol. The van der Waals surface area contributed by atoms with E-state index in [4.69, 9.17) is 10.5 Å². The fourth-order valence-electron chi connectivity index (χ4n) is 2.04. The van der Waals surface area contributed by atoms with E-state index in [2.05, 4.69) is 5.32 Å². The van der Waals surface area contributed by atoms with Crippen LogP contribution in [-0.4, -0.2) is 31.2 Å². The zero-order valence-electron chi connectivity index (χ0n) is 10.6. The Morgan fingerprint density at radius 2 is 2.00 bits per heavy atom. The third-order valence-corrected chi connectivity index (χ3v) is 3.03. The Balaban J connectivity index is 0.00000256. The van der Waals surface area contributed by atoms with Crippen LogP contribution in [0, 0.1) is 0 Å². The van der Waals surface area contributed by atoms with Crippen LogP contribution in [0.2, 0.25) is 0 Å². The Morgan fingerprint density at radius 3 is 2.59 bits per heavy atom. The van der Waals surface area contributed by atoms with Gasteiger partial charge in [0.25, 0.3) is 0 Å². The van der Waals surface area contributed by atoms with Crippen LogP contribution >= 0.6 is 12.4 Å². The van der Waals surface area contributed by atoms with E-state index in [9.17, 15) is 4.79 Å². The average Bonchev–Trinajstić information content (AvgIpc) is 2.28. The Kier molecular flexibility index (Phi) is 9.50. The van der Waals surface area contributed by atoms with Crippen LogP contribution in [0.1, 0.15) is 45.4 Å². The lowest BCUT2D eigenvalue weighted by atomic mass is 9.92. The molecule has 1 saturated carbocycles. The lowest BCUT2D eigenvalue weighted by Gasteiger charge is -2.26. The zero-order valence-corrected chi connectivity index (χ0v) is 11.4. The second kappa shape index (κ2) is 9.68. The highest BCUT2D eigenvalue weighted by atomic mass is 35.5. The summed E-state index contributed by atoms with van der Waals surface area (Å²) in [4.78, 5) is 11.6. The number of amides is 1. The molecule has 3 N–H and O–H groups in total. The molecule has 0 atom stereocenters. The lowest BCUT2D eigenvalue weighted by Crippen LogP contribution is -2.40. The van der Waals surface area contributed by atoms with Crippen molar-refractivity contribution in [3.63, 3.8) is 0 Å². The van der Waals surface area contributed by atoms with Gasteiger partial charge in [-0.15, -0.1) is 12.4 Å². The van der Waals surface area contributed by atoms with Gasteiger partial charge in [0.05, 0.1) is 0 Å². The smallest absolute Gasteiger partial charge is 0.220 e. The maximum absolute atomic E-state index is 11.6. The molecule has 102 valence electrons. The molecule has 1 aliphatic carbocycles. The van der Waals surface area contributed by atoms with E-state index in [0.717, 1.165) is 38.7 Å². The predicted octanol–water partition coefficient (Wildman–Crippen LogP) is 1.61. The van der Waals surface area contributed by atoms with Gasteiger partial charge in [0, 0.05) is 31.7 Å². The number of nitrogens with one attached hydrogen (secondary N) is 1. The molecule has 0 spiro atoms. The van der Waals surface area contributed by atoms with Gasteiger partial charge in [-0.1, -0.05) is 0 Å². The van der Waals surface area contributed by atoms with E-state index in [1.165, 1.54) is 0 Å². The summed E-state index contributed by atoms with van der Waals surface area (Å²) in [5, 5.41) is 3.07. The molecule has 0 aromatic heterocycles. The minimum atomic E-state index is 0. The van der Waals surface area contributed by atoms with E-state index in [1.807, 2.05) is 6.92 Å². The zero-order chi connectivity index (χ0) is 11.8. The van der Waals surface area contributed by atoms with Crippen molar-refractivity contribution < 1.29 is 9.53 Å². The van der Waals surface area contributed by atoms with Crippen molar-refractivity contribution in [2.75, 3.05) is 13.2 Å². The molecule has 0 heterocycles. The Hall–Kier alpha value is -0.320. The summed E-state index contributed by atoms with van der Waals surface area (Å²) >= 11 is 0. The molecule has 0 unspecified atom stereocenters. The van der Waals surface area contributed by atoms with Crippen molar-refractivity contribution in [3.8, 4) is 0 Å². The van der Waals surface area contributed by atoms with Gasteiger partial charge in [-0.05, 0) is 39.0 Å². The van der Waals surface area contributed by atoms with Gasteiger partial charge < -0.3 is 15.8 Å². The van der Waals surface area contributed by atoms with Crippen molar-refractivity contribution in [2.45, 2.75) is 57.5 Å². The number of halogens is 1. The first-order chi connectivity index (χ1) is 7.72. The summed E-state index contributed by atoms with van der Waals surface area (Å²) in [5.41, 5.74) is 5.81. The summed E-state index contributed by atoms with van der Waals surface area (Å²) in [6, 6.07) is 0.686. The van der Waals surface area contributed by atoms with Crippen molar-refractivity contribution in [3.05, 3.63) is 0 Å². The number of rotatable bonds is 6. The second-order valence-corrected chi connectivity index (χ2v) is 4.48. The normalized spacial score (nSPS) is 23.9. The monoisotopic (exact) mass is 264 g/mol. The van der Waals surface area contributed by atoms with Crippen LogP contribution in [0.3, 0.4) is 0 Å². The molecule has 0 aromatic carbocycles. The molecule has 1 fully saturated rings. The topological polar surface area (TPSA) is 64.3 Å². The van der Waals surface area contributed by atoms with E-state index in [1.54, 1.807) is 0 Å². The molecule has 0 saturated heterocycles.